The van der Waals surface area contributed by atoms with Gasteiger partial charge in [-0.15, -0.1) is 0 Å². The van der Waals surface area contributed by atoms with Crippen LogP contribution in [0.5, 0.6) is 0 Å². The van der Waals surface area contributed by atoms with Gasteiger partial charge in [-0.25, -0.2) is 9.97 Å². The first kappa shape index (κ1) is 15.2. The van der Waals surface area contributed by atoms with Crippen LogP contribution in [0.25, 0.3) is 0 Å². The molecule has 112 valence electrons. The molecule has 0 radical (unpaired) electrons. The van der Waals surface area contributed by atoms with Gasteiger partial charge in [0.1, 0.15) is 0 Å². The van der Waals surface area contributed by atoms with Gasteiger partial charge in [0, 0.05) is 30.5 Å². The van der Waals surface area contributed by atoms with Gasteiger partial charge < -0.3 is 15.0 Å². The van der Waals surface area contributed by atoms with Crippen LogP contribution in [0, 0.1) is 6.92 Å². The predicted octanol–water partition coefficient (Wildman–Crippen LogP) is 1.90. The molecule has 0 bridgehead atoms. The lowest BCUT2D eigenvalue weighted by molar-refractivity contribution is 0.0337. The second kappa shape index (κ2) is 6.99. The van der Waals surface area contributed by atoms with Gasteiger partial charge in [-0.3, -0.25) is 0 Å². The molecule has 5 nitrogen and oxygen atoms in total. The summed E-state index contributed by atoms with van der Waals surface area (Å²) < 4.78 is 5.65. The SMILES string of the molecule is CCCNCc1cnc(N2CC(C)OCC2C)nc1C. The molecule has 5 heteroatoms. The minimum atomic E-state index is 0.237. The Morgan fingerprint density at radius 2 is 2.25 bits per heavy atom. The number of nitrogens with one attached hydrogen (secondary N) is 1. The number of rotatable bonds is 5. The first-order valence-corrected chi connectivity index (χ1v) is 7.53. The Kier molecular flexibility index (Phi) is 5.31. The Labute approximate surface area is 121 Å². The van der Waals surface area contributed by atoms with Crippen molar-refractivity contribution < 1.29 is 4.74 Å². The molecule has 0 saturated carbocycles. The van der Waals surface area contributed by atoms with E-state index in [0.29, 0.717) is 6.04 Å². The lowest BCUT2D eigenvalue weighted by Crippen LogP contribution is -2.48. The molecule has 1 aliphatic heterocycles. The largest absolute Gasteiger partial charge is 0.375 e. The summed E-state index contributed by atoms with van der Waals surface area (Å²) in [5.41, 5.74) is 2.24. The molecule has 1 aromatic heterocycles. The minimum Gasteiger partial charge on any atom is -0.375 e. The highest BCUT2D eigenvalue weighted by Crippen LogP contribution is 2.18. The molecule has 2 rings (SSSR count). The van der Waals surface area contributed by atoms with E-state index in [1.54, 1.807) is 0 Å². The molecular formula is C15H26N4O. The van der Waals surface area contributed by atoms with Gasteiger partial charge in [0.15, 0.2) is 0 Å². The van der Waals surface area contributed by atoms with E-state index in [2.05, 4.69) is 47.9 Å². The quantitative estimate of drug-likeness (QED) is 0.834. The topological polar surface area (TPSA) is 50.3 Å². The monoisotopic (exact) mass is 278 g/mol. The fourth-order valence-electron chi connectivity index (χ4n) is 2.37. The molecular weight excluding hydrogens is 252 g/mol. The van der Waals surface area contributed by atoms with Gasteiger partial charge in [0.2, 0.25) is 5.95 Å². The number of aryl methyl sites for hydroxylation is 1. The first-order valence-electron chi connectivity index (χ1n) is 7.53. The van der Waals surface area contributed by atoms with Crippen molar-refractivity contribution in [3.8, 4) is 0 Å². The van der Waals surface area contributed by atoms with Crippen molar-refractivity contribution in [2.45, 2.75) is 52.8 Å². The van der Waals surface area contributed by atoms with E-state index < -0.39 is 0 Å². The second-order valence-corrected chi connectivity index (χ2v) is 5.60. The molecule has 0 aliphatic carbocycles. The van der Waals surface area contributed by atoms with Gasteiger partial charge in [0.25, 0.3) is 0 Å². The maximum atomic E-state index is 5.65. The first-order chi connectivity index (χ1) is 9.61. The smallest absolute Gasteiger partial charge is 0.225 e. The van der Waals surface area contributed by atoms with E-state index in [1.807, 2.05) is 6.20 Å². The predicted molar refractivity (Wildman–Crippen MR) is 81.0 cm³/mol. The molecule has 1 aliphatic rings. The summed E-state index contributed by atoms with van der Waals surface area (Å²) >= 11 is 0. The highest BCUT2D eigenvalue weighted by molar-refractivity contribution is 5.35. The summed E-state index contributed by atoms with van der Waals surface area (Å²) in [7, 11) is 0. The Hall–Kier alpha value is -1.20. The number of anilines is 1. The van der Waals surface area contributed by atoms with Gasteiger partial charge in [0.05, 0.1) is 18.8 Å². The van der Waals surface area contributed by atoms with Crippen LogP contribution in [0.3, 0.4) is 0 Å². The number of morpholine rings is 1. The molecule has 2 unspecified atom stereocenters. The van der Waals surface area contributed by atoms with Gasteiger partial charge in [-0.1, -0.05) is 6.92 Å². The molecule has 1 N–H and O–H groups in total. The van der Waals surface area contributed by atoms with Crippen molar-refractivity contribution in [3.63, 3.8) is 0 Å². The fraction of sp³-hybridized carbons (Fsp3) is 0.733. The Bertz CT molecular complexity index is 438. The number of nitrogens with zero attached hydrogens (tertiary/aromatic N) is 3. The summed E-state index contributed by atoms with van der Waals surface area (Å²) in [5, 5.41) is 3.39. The Morgan fingerprint density at radius 1 is 1.45 bits per heavy atom. The second-order valence-electron chi connectivity index (χ2n) is 5.60. The molecule has 0 amide bonds. The summed E-state index contributed by atoms with van der Waals surface area (Å²) in [6.07, 6.45) is 3.33. The average molecular weight is 278 g/mol. The Balaban J connectivity index is 2.07. The van der Waals surface area contributed by atoms with Crippen molar-refractivity contribution in [2.24, 2.45) is 0 Å². The molecule has 1 saturated heterocycles. The van der Waals surface area contributed by atoms with E-state index >= 15 is 0 Å². The van der Waals surface area contributed by atoms with E-state index in [4.69, 9.17) is 4.74 Å². The molecule has 1 aromatic rings. The summed E-state index contributed by atoms with van der Waals surface area (Å²) in [6, 6.07) is 0.328. The Morgan fingerprint density at radius 3 is 2.95 bits per heavy atom. The van der Waals surface area contributed by atoms with Crippen LogP contribution in [-0.4, -0.2) is 41.8 Å². The van der Waals surface area contributed by atoms with Crippen LogP contribution in [0.2, 0.25) is 0 Å². The highest BCUT2D eigenvalue weighted by Gasteiger charge is 2.25. The van der Waals surface area contributed by atoms with Crippen molar-refractivity contribution in [1.29, 1.82) is 0 Å². The van der Waals surface area contributed by atoms with Crippen molar-refractivity contribution in [2.75, 3.05) is 24.6 Å². The number of hydrogen-bond donors (Lipinski definition) is 1. The van der Waals surface area contributed by atoms with E-state index in [9.17, 15) is 0 Å². The van der Waals surface area contributed by atoms with E-state index in [-0.39, 0.29) is 6.10 Å². The van der Waals surface area contributed by atoms with Crippen molar-refractivity contribution in [1.82, 2.24) is 15.3 Å². The summed E-state index contributed by atoms with van der Waals surface area (Å²) in [4.78, 5) is 11.5. The maximum Gasteiger partial charge on any atom is 0.225 e. The van der Waals surface area contributed by atoms with E-state index in [1.165, 1.54) is 5.56 Å². The third-order valence-electron chi connectivity index (χ3n) is 3.68. The third kappa shape index (κ3) is 3.67. The fourth-order valence-corrected chi connectivity index (χ4v) is 2.37. The van der Waals surface area contributed by atoms with Gasteiger partial charge in [-0.05, 0) is 33.7 Å². The van der Waals surface area contributed by atoms with Crippen LogP contribution < -0.4 is 10.2 Å². The zero-order valence-corrected chi connectivity index (χ0v) is 13.0. The zero-order valence-electron chi connectivity index (χ0n) is 13.0. The van der Waals surface area contributed by atoms with Gasteiger partial charge >= 0.3 is 0 Å². The maximum absolute atomic E-state index is 5.65. The molecule has 0 aromatic carbocycles. The highest BCUT2D eigenvalue weighted by atomic mass is 16.5. The normalized spacial score (nSPS) is 23.1. The number of hydrogen-bond acceptors (Lipinski definition) is 5. The van der Waals surface area contributed by atoms with Gasteiger partial charge in [-0.2, -0.15) is 0 Å². The average Bonchev–Trinajstić information content (AvgIpc) is 2.43. The summed E-state index contributed by atoms with van der Waals surface area (Å²) in [6.45, 7) is 11.9. The number of aromatic nitrogens is 2. The van der Waals surface area contributed by atoms with Crippen LogP contribution in [-0.2, 0) is 11.3 Å². The van der Waals surface area contributed by atoms with Crippen LogP contribution in [0.15, 0.2) is 6.20 Å². The standard InChI is InChI=1S/C15H26N4O/c1-5-6-16-7-14-8-17-15(18-13(14)4)19-9-12(3)20-10-11(19)2/h8,11-12,16H,5-7,9-10H2,1-4H3. The summed E-state index contributed by atoms with van der Waals surface area (Å²) in [5.74, 6) is 0.824. The van der Waals surface area contributed by atoms with E-state index in [0.717, 1.165) is 44.3 Å². The van der Waals surface area contributed by atoms with Crippen molar-refractivity contribution in [3.05, 3.63) is 17.5 Å². The molecule has 2 atom stereocenters. The lowest BCUT2D eigenvalue weighted by Gasteiger charge is -2.36. The lowest BCUT2D eigenvalue weighted by atomic mass is 10.2. The molecule has 0 spiro atoms. The molecule has 2 heterocycles. The zero-order chi connectivity index (χ0) is 14.5. The number of ether oxygens (including phenoxy) is 1. The molecule has 20 heavy (non-hydrogen) atoms. The van der Waals surface area contributed by atoms with Crippen LogP contribution in [0.4, 0.5) is 5.95 Å². The minimum absolute atomic E-state index is 0.237. The van der Waals surface area contributed by atoms with Crippen LogP contribution in [0.1, 0.15) is 38.4 Å². The molecule has 1 fully saturated rings. The third-order valence-corrected chi connectivity index (χ3v) is 3.68. The van der Waals surface area contributed by atoms with Crippen LogP contribution >= 0.6 is 0 Å². The van der Waals surface area contributed by atoms with Crippen molar-refractivity contribution >= 4 is 5.95 Å².